The lowest BCUT2D eigenvalue weighted by molar-refractivity contribution is 0.0680. The minimum absolute atomic E-state index is 0.0290. The van der Waals surface area contributed by atoms with Gasteiger partial charge in [-0.05, 0) is 48.7 Å². The highest BCUT2D eigenvalue weighted by Crippen LogP contribution is 2.30. The minimum atomic E-state index is -3.16. The molecule has 3 rings (SSSR count). The molecule has 1 atom stereocenters. The van der Waals surface area contributed by atoms with E-state index in [1.807, 2.05) is 18.2 Å². The average molecular weight is 462 g/mol. The fourth-order valence-electron chi connectivity index (χ4n) is 3.78. The number of benzene rings is 2. The van der Waals surface area contributed by atoms with Crippen LogP contribution in [0.2, 0.25) is 0 Å². The number of unbranched alkanes of at least 4 members (excludes halogenated alkanes) is 1. The van der Waals surface area contributed by atoms with E-state index in [9.17, 15) is 13.2 Å². The third-order valence-electron chi connectivity index (χ3n) is 5.56. The summed E-state index contributed by atoms with van der Waals surface area (Å²) in [5.41, 5.74) is 1.31. The summed E-state index contributed by atoms with van der Waals surface area (Å²) in [4.78, 5) is 15.2. The highest BCUT2D eigenvalue weighted by molar-refractivity contribution is 7.91. The lowest BCUT2D eigenvalue weighted by Crippen LogP contribution is -2.40. The largest absolute Gasteiger partial charge is 0.494 e. The van der Waals surface area contributed by atoms with Crippen LogP contribution in [0.5, 0.6) is 17.2 Å². The molecule has 2 aromatic rings. The fourth-order valence-corrected chi connectivity index (χ4v) is 5.51. The molecule has 2 aromatic carbocycles. The predicted molar refractivity (Wildman–Crippen MR) is 123 cm³/mol. The van der Waals surface area contributed by atoms with Gasteiger partial charge in [-0.3, -0.25) is 4.79 Å². The van der Waals surface area contributed by atoms with Crippen LogP contribution in [0.15, 0.2) is 42.5 Å². The van der Waals surface area contributed by atoms with Gasteiger partial charge in [0.15, 0.2) is 21.3 Å². The number of nitrogens with zero attached hydrogens (tertiary/aromatic N) is 1. The van der Waals surface area contributed by atoms with Gasteiger partial charge >= 0.3 is 0 Å². The minimum Gasteiger partial charge on any atom is -0.494 e. The third-order valence-corrected chi connectivity index (χ3v) is 7.31. The molecule has 0 aromatic heterocycles. The standard InChI is InChI=1S/C24H31NO6S/c1-4-5-12-31-21-8-6-7-19(15-21)24(26)25(20-11-13-32(27,28)17-20)16-18-9-10-22(29-2)23(14-18)30-3/h6-10,14-15,20H,4-5,11-13,16-17H2,1-3H3/t20-/m0/s1. The second kappa shape index (κ2) is 10.7. The molecule has 0 bridgehead atoms. The summed E-state index contributed by atoms with van der Waals surface area (Å²) in [6.45, 7) is 2.94. The molecular formula is C24H31NO6S. The molecule has 174 valence electrons. The number of hydrogen-bond donors (Lipinski definition) is 0. The van der Waals surface area contributed by atoms with Crippen LogP contribution >= 0.6 is 0 Å². The zero-order valence-electron chi connectivity index (χ0n) is 18.9. The lowest BCUT2D eigenvalue weighted by atomic mass is 10.1. The van der Waals surface area contributed by atoms with Crippen molar-refractivity contribution < 1.29 is 27.4 Å². The maximum Gasteiger partial charge on any atom is 0.254 e. The van der Waals surface area contributed by atoms with Gasteiger partial charge in [0.2, 0.25) is 0 Å². The Hall–Kier alpha value is -2.74. The number of amides is 1. The molecule has 0 N–H and O–H groups in total. The number of ether oxygens (including phenoxy) is 3. The lowest BCUT2D eigenvalue weighted by Gasteiger charge is -2.29. The van der Waals surface area contributed by atoms with E-state index in [2.05, 4.69) is 6.92 Å². The van der Waals surface area contributed by atoms with Gasteiger partial charge in [0.25, 0.3) is 5.91 Å². The van der Waals surface area contributed by atoms with Gasteiger partial charge in [0, 0.05) is 18.2 Å². The van der Waals surface area contributed by atoms with Gasteiger partial charge in [-0.1, -0.05) is 25.5 Å². The Bertz CT molecular complexity index is 1040. The van der Waals surface area contributed by atoms with Gasteiger partial charge in [0.05, 0.1) is 32.3 Å². The number of carbonyl (C=O) groups excluding carboxylic acids is 1. The summed E-state index contributed by atoms with van der Waals surface area (Å²) in [7, 11) is -0.0428. The van der Waals surface area contributed by atoms with E-state index in [-0.39, 0.29) is 30.0 Å². The maximum atomic E-state index is 13.5. The summed E-state index contributed by atoms with van der Waals surface area (Å²) in [6.07, 6.45) is 2.38. The van der Waals surface area contributed by atoms with Crippen LogP contribution in [0.3, 0.4) is 0 Å². The Labute approximate surface area is 190 Å². The number of carbonyl (C=O) groups is 1. The number of sulfone groups is 1. The van der Waals surface area contributed by atoms with Crippen molar-refractivity contribution in [3.63, 3.8) is 0 Å². The first-order chi connectivity index (χ1) is 15.4. The highest BCUT2D eigenvalue weighted by Gasteiger charge is 2.35. The molecule has 0 saturated carbocycles. The quantitative estimate of drug-likeness (QED) is 0.502. The number of rotatable bonds is 10. The van der Waals surface area contributed by atoms with Crippen LogP contribution in [0.4, 0.5) is 0 Å². The van der Waals surface area contributed by atoms with E-state index in [4.69, 9.17) is 14.2 Å². The molecule has 1 saturated heterocycles. The van der Waals surface area contributed by atoms with Crippen molar-refractivity contribution in [1.82, 2.24) is 4.90 Å². The van der Waals surface area contributed by atoms with Crippen molar-refractivity contribution in [1.29, 1.82) is 0 Å². The Morgan fingerprint density at radius 3 is 2.53 bits per heavy atom. The molecule has 8 heteroatoms. The maximum absolute atomic E-state index is 13.5. The summed E-state index contributed by atoms with van der Waals surface area (Å²) in [6, 6.07) is 12.1. The summed E-state index contributed by atoms with van der Waals surface area (Å²) >= 11 is 0. The molecule has 1 amide bonds. The molecule has 32 heavy (non-hydrogen) atoms. The summed E-state index contributed by atoms with van der Waals surface area (Å²) in [5.74, 6) is 1.63. The Morgan fingerprint density at radius 1 is 1.09 bits per heavy atom. The van der Waals surface area contributed by atoms with E-state index < -0.39 is 9.84 Å². The Morgan fingerprint density at radius 2 is 1.88 bits per heavy atom. The normalized spacial score (nSPS) is 17.0. The van der Waals surface area contributed by atoms with Crippen LogP contribution < -0.4 is 14.2 Å². The molecule has 7 nitrogen and oxygen atoms in total. The van der Waals surface area contributed by atoms with E-state index in [1.165, 1.54) is 0 Å². The van der Waals surface area contributed by atoms with Crippen LogP contribution in [-0.4, -0.2) is 57.6 Å². The molecule has 0 unspecified atom stereocenters. The van der Waals surface area contributed by atoms with Gasteiger partial charge in [0.1, 0.15) is 5.75 Å². The summed E-state index contributed by atoms with van der Waals surface area (Å²) in [5, 5.41) is 0. The second-order valence-electron chi connectivity index (χ2n) is 7.91. The second-order valence-corrected chi connectivity index (χ2v) is 10.1. The van der Waals surface area contributed by atoms with Crippen molar-refractivity contribution in [2.75, 3.05) is 32.3 Å². The highest BCUT2D eigenvalue weighted by atomic mass is 32.2. The van der Waals surface area contributed by atoms with Gasteiger partial charge in [-0.25, -0.2) is 8.42 Å². The SMILES string of the molecule is CCCCOc1cccc(C(=O)N(Cc2ccc(OC)c(OC)c2)[C@H]2CCS(=O)(=O)C2)c1. The summed E-state index contributed by atoms with van der Waals surface area (Å²) < 4.78 is 40.7. The monoisotopic (exact) mass is 461 g/mol. The van der Waals surface area contributed by atoms with Crippen LogP contribution in [-0.2, 0) is 16.4 Å². The van der Waals surface area contributed by atoms with Crippen LogP contribution in [0, 0.1) is 0 Å². The first kappa shape index (κ1) is 23.9. The molecule has 0 radical (unpaired) electrons. The van der Waals surface area contributed by atoms with Crippen molar-refractivity contribution in [3.8, 4) is 17.2 Å². The third kappa shape index (κ3) is 5.94. The zero-order valence-corrected chi connectivity index (χ0v) is 19.7. The van der Waals surface area contributed by atoms with Gasteiger partial charge < -0.3 is 19.1 Å². The zero-order chi connectivity index (χ0) is 23.1. The molecule has 0 spiro atoms. The molecule has 1 heterocycles. The van der Waals surface area contributed by atoms with Crippen molar-refractivity contribution in [3.05, 3.63) is 53.6 Å². The predicted octanol–water partition coefficient (Wildman–Crippen LogP) is 3.71. The van der Waals surface area contributed by atoms with Crippen LogP contribution in [0.25, 0.3) is 0 Å². The van der Waals surface area contributed by atoms with E-state index in [0.717, 1.165) is 18.4 Å². The van der Waals surface area contributed by atoms with E-state index in [0.29, 0.717) is 35.8 Å². The topological polar surface area (TPSA) is 82.1 Å². The van der Waals surface area contributed by atoms with Gasteiger partial charge in [-0.2, -0.15) is 0 Å². The molecular weight excluding hydrogens is 430 g/mol. The Kier molecular flexibility index (Phi) is 8.01. The van der Waals surface area contributed by atoms with Crippen LogP contribution in [0.1, 0.15) is 42.1 Å². The first-order valence-electron chi connectivity index (χ1n) is 10.8. The van der Waals surface area contributed by atoms with E-state index in [1.54, 1.807) is 43.4 Å². The molecule has 1 fully saturated rings. The molecule has 1 aliphatic rings. The smallest absolute Gasteiger partial charge is 0.254 e. The van der Waals surface area contributed by atoms with Gasteiger partial charge in [-0.15, -0.1) is 0 Å². The first-order valence-corrected chi connectivity index (χ1v) is 12.6. The molecule has 1 aliphatic heterocycles. The molecule has 0 aliphatic carbocycles. The fraction of sp³-hybridized carbons (Fsp3) is 0.458. The average Bonchev–Trinajstić information content (AvgIpc) is 3.16. The number of methoxy groups -OCH3 is 2. The van der Waals surface area contributed by atoms with Crippen molar-refractivity contribution >= 4 is 15.7 Å². The van der Waals surface area contributed by atoms with Crippen molar-refractivity contribution in [2.24, 2.45) is 0 Å². The van der Waals surface area contributed by atoms with E-state index >= 15 is 0 Å². The number of hydrogen-bond acceptors (Lipinski definition) is 6. The van der Waals surface area contributed by atoms with Crippen molar-refractivity contribution in [2.45, 2.75) is 38.8 Å². The Balaban J connectivity index is 1.88.